The van der Waals surface area contributed by atoms with Crippen molar-refractivity contribution in [2.75, 3.05) is 20.2 Å². The summed E-state index contributed by atoms with van der Waals surface area (Å²) < 4.78 is 6.62. The Morgan fingerprint density at radius 3 is 2.83 bits per heavy atom. The van der Waals surface area contributed by atoms with Crippen LogP contribution in [0.1, 0.15) is 34.6 Å². The number of thiazole rings is 1. The second kappa shape index (κ2) is 5.79. The van der Waals surface area contributed by atoms with Gasteiger partial charge < -0.3 is 14.7 Å². The number of likely N-dealkylation sites (tertiary alicyclic amines) is 1. The van der Waals surface area contributed by atoms with Crippen molar-refractivity contribution < 1.29 is 14.6 Å². The Kier molecular flexibility index (Phi) is 3.86. The Morgan fingerprint density at radius 2 is 2.17 bits per heavy atom. The molecule has 0 bridgehead atoms. The van der Waals surface area contributed by atoms with Crippen LogP contribution in [0.5, 0.6) is 0 Å². The lowest BCUT2D eigenvalue weighted by Crippen LogP contribution is -2.62. The summed E-state index contributed by atoms with van der Waals surface area (Å²) >= 11 is 1.64. The molecule has 5 nitrogen and oxygen atoms in total. The first-order valence-corrected chi connectivity index (χ1v) is 9.22. The Morgan fingerprint density at radius 1 is 1.42 bits per heavy atom. The molecule has 128 valence electrons. The lowest BCUT2D eigenvalue weighted by Gasteiger charge is -2.56. The molecule has 1 N–H and O–H groups in total. The number of ether oxygens (including phenoxy) is 1. The molecule has 1 saturated heterocycles. The van der Waals surface area contributed by atoms with Crippen molar-refractivity contribution in [3.05, 3.63) is 28.8 Å². The van der Waals surface area contributed by atoms with E-state index >= 15 is 0 Å². The zero-order valence-corrected chi connectivity index (χ0v) is 14.8. The fourth-order valence-electron chi connectivity index (χ4n) is 4.20. The third-order valence-corrected chi connectivity index (χ3v) is 6.70. The summed E-state index contributed by atoms with van der Waals surface area (Å²) in [7, 11) is 1.71. The second-order valence-corrected chi connectivity index (χ2v) is 8.15. The van der Waals surface area contributed by atoms with Crippen LogP contribution in [-0.2, 0) is 4.74 Å². The molecule has 2 unspecified atom stereocenters. The van der Waals surface area contributed by atoms with Crippen LogP contribution in [0.2, 0.25) is 0 Å². The highest BCUT2D eigenvalue weighted by molar-refractivity contribution is 7.18. The molecule has 1 aliphatic carbocycles. The average molecular weight is 346 g/mol. The van der Waals surface area contributed by atoms with Crippen molar-refractivity contribution in [2.24, 2.45) is 5.41 Å². The zero-order valence-electron chi connectivity index (χ0n) is 14.0. The summed E-state index contributed by atoms with van der Waals surface area (Å²) in [4.78, 5) is 19.2. The van der Waals surface area contributed by atoms with Crippen LogP contribution in [0.4, 0.5) is 0 Å². The van der Waals surface area contributed by atoms with Crippen LogP contribution >= 0.6 is 11.3 Å². The Labute approximate surface area is 145 Å². The molecule has 1 aromatic carbocycles. The van der Waals surface area contributed by atoms with Crippen molar-refractivity contribution in [3.8, 4) is 0 Å². The molecule has 1 aliphatic heterocycles. The number of fused-ring (bicyclic) bond motifs is 1. The quantitative estimate of drug-likeness (QED) is 0.908. The Hall–Kier alpha value is -1.50. The van der Waals surface area contributed by atoms with Crippen LogP contribution in [0, 0.1) is 12.3 Å². The third kappa shape index (κ3) is 2.36. The Balaban J connectivity index is 1.49. The third-order valence-electron chi connectivity index (χ3n) is 5.75. The van der Waals surface area contributed by atoms with E-state index in [2.05, 4.69) is 4.98 Å². The lowest BCUT2D eigenvalue weighted by atomic mass is 9.58. The van der Waals surface area contributed by atoms with E-state index in [1.165, 1.54) is 0 Å². The number of carbonyl (C=O) groups excluding carboxylic acids is 1. The highest BCUT2D eigenvalue weighted by Crippen LogP contribution is 2.50. The Bertz CT molecular complexity index is 780. The van der Waals surface area contributed by atoms with Crippen molar-refractivity contribution in [1.82, 2.24) is 9.88 Å². The van der Waals surface area contributed by atoms with Gasteiger partial charge in [-0.2, -0.15) is 0 Å². The summed E-state index contributed by atoms with van der Waals surface area (Å²) in [5, 5.41) is 11.2. The van der Waals surface area contributed by atoms with Gasteiger partial charge in [0.25, 0.3) is 5.91 Å². The molecular weight excluding hydrogens is 324 g/mol. The number of methoxy groups -OCH3 is 1. The normalized spacial score (nSPS) is 25.9. The standard InChI is InChI=1S/C18H22N2O3S/c1-11-19-13-9-12(3-4-14(13)24-11)17(22)20-7-5-18(6-8-20)15(21)10-16(18)23-2/h3-4,9,15-16,21H,5-8,10H2,1-2H3. The summed E-state index contributed by atoms with van der Waals surface area (Å²) in [6.07, 6.45) is 2.14. The summed E-state index contributed by atoms with van der Waals surface area (Å²) in [5.41, 5.74) is 1.44. The van der Waals surface area contributed by atoms with Gasteiger partial charge in [0.2, 0.25) is 0 Å². The number of piperidine rings is 1. The van der Waals surface area contributed by atoms with E-state index < -0.39 is 0 Å². The molecule has 1 spiro atoms. The second-order valence-electron chi connectivity index (χ2n) is 6.92. The number of rotatable bonds is 2. The van der Waals surface area contributed by atoms with E-state index in [1.54, 1.807) is 18.4 Å². The number of aliphatic hydroxyl groups is 1. The summed E-state index contributed by atoms with van der Waals surface area (Å²) in [5.74, 6) is 0.0557. The van der Waals surface area contributed by atoms with E-state index in [0.29, 0.717) is 25.1 Å². The fraction of sp³-hybridized carbons (Fsp3) is 0.556. The van der Waals surface area contributed by atoms with Gasteiger partial charge in [-0.1, -0.05) is 0 Å². The predicted octanol–water partition coefficient (Wildman–Crippen LogP) is 2.61. The number of benzene rings is 1. The first-order chi connectivity index (χ1) is 11.5. The molecular formula is C18H22N2O3S. The van der Waals surface area contributed by atoms with Crippen molar-refractivity contribution in [1.29, 1.82) is 0 Å². The van der Waals surface area contributed by atoms with E-state index in [4.69, 9.17) is 4.74 Å². The van der Waals surface area contributed by atoms with E-state index in [0.717, 1.165) is 28.1 Å². The van der Waals surface area contributed by atoms with Gasteiger partial charge in [0.1, 0.15) is 0 Å². The molecule has 2 heterocycles. The van der Waals surface area contributed by atoms with Gasteiger partial charge in [-0.25, -0.2) is 4.98 Å². The maximum atomic E-state index is 12.8. The van der Waals surface area contributed by atoms with Gasteiger partial charge in [-0.3, -0.25) is 4.79 Å². The smallest absolute Gasteiger partial charge is 0.253 e. The average Bonchev–Trinajstić information content (AvgIpc) is 2.98. The first kappa shape index (κ1) is 16.0. The topological polar surface area (TPSA) is 62.7 Å². The van der Waals surface area contributed by atoms with Crippen LogP contribution in [-0.4, -0.2) is 53.3 Å². The van der Waals surface area contributed by atoms with Gasteiger partial charge in [-0.05, 0) is 38.0 Å². The number of hydrogen-bond acceptors (Lipinski definition) is 5. The fourth-order valence-corrected chi connectivity index (χ4v) is 5.00. The van der Waals surface area contributed by atoms with Gasteiger partial charge >= 0.3 is 0 Å². The highest BCUT2D eigenvalue weighted by Gasteiger charge is 2.56. The SMILES string of the molecule is COC1CC(O)C12CCN(C(=O)c1ccc3sc(C)nc3c1)CC2. The first-order valence-electron chi connectivity index (χ1n) is 8.41. The minimum atomic E-state index is -0.297. The number of amides is 1. The van der Waals surface area contributed by atoms with Gasteiger partial charge in [0.05, 0.1) is 27.4 Å². The maximum Gasteiger partial charge on any atom is 0.253 e. The van der Waals surface area contributed by atoms with Crippen LogP contribution in [0.25, 0.3) is 10.2 Å². The minimum Gasteiger partial charge on any atom is -0.392 e. The number of hydrogen-bond donors (Lipinski definition) is 1. The lowest BCUT2D eigenvalue weighted by molar-refractivity contribution is -0.199. The van der Waals surface area contributed by atoms with Crippen LogP contribution in [0.15, 0.2) is 18.2 Å². The number of aromatic nitrogens is 1. The largest absolute Gasteiger partial charge is 0.392 e. The van der Waals surface area contributed by atoms with Crippen LogP contribution in [0.3, 0.4) is 0 Å². The molecule has 2 aromatic rings. The summed E-state index contributed by atoms with van der Waals surface area (Å²) in [6.45, 7) is 3.32. The molecule has 6 heteroatoms. The summed E-state index contributed by atoms with van der Waals surface area (Å²) in [6, 6.07) is 5.76. The molecule has 2 fully saturated rings. The number of aliphatic hydroxyl groups excluding tert-OH is 1. The molecule has 1 saturated carbocycles. The molecule has 4 rings (SSSR count). The molecule has 2 atom stereocenters. The molecule has 0 radical (unpaired) electrons. The highest BCUT2D eigenvalue weighted by atomic mass is 32.1. The number of aryl methyl sites for hydroxylation is 1. The van der Waals surface area contributed by atoms with Gasteiger partial charge in [0.15, 0.2) is 0 Å². The van der Waals surface area contributed by atoms with Gasteiger partial charge in [0, 0.05) is 37.6 Å². The van der Waals surface area contributed by atoms with E-state index in [1.807, 2.05) is 30.0 Å². The predicted molar refractivity (Wildman–Crippen MR) is 93.3 cm³/mol. The van der Waals surface area contributed by atoms with Gasteiger partial charge in [-0.15, -0.1) is 11.3 Å². The zero-order chi connectivity index (χ0) is 16.9. The molecule has 24 heavy (non-hydrogen) atoms. The van der Waals surface area contributed by atoms with Crippen molar-refractivity contribution in [3.63, 3.8) is 0 Å². The van der Waals surface area contributed by atoms with E-state index in [-0.39, 0.29) is 23.5 Å². The van der Waals surface area contributed by atoms with E-state index in [9.17, 15) is 9.90 Å². The minimum absolute atomic E-state index is 0.0557. The monoisotopic (exact) mass is 346 g/mol. The van der Waals surface area contributed by atoms with Crippen molar-refractivity contribution in [2.45, 2.75) is 38.4 Å². The molecule has 2 aliphatic rings. The van der Waals surface area contributed by atoms with Crippen molar-refractivity contribution >= 4 is 27.5 Å². The maximum absolute atomic E-state index is 12.8. The number of carbonyl (C=O) groups is 1. The number of nitrogens with zero attached hydrogens (tertiary/aromatic N) is 2. The molecule has 1 amide bonds. The molecule has 1 aromatic heterocycles. The van der Waals surface area contributed by atoms with Crippen LogP contribution < -0.4 is 0 Å².